The van der Waals surface area contributed by atoms with Gasteiger partial charge in [0.25, 0.3) is 0 Å². The van der Waals surface area contributed by atoms with Gasteiger partial charge in [0, 0.05) is 22.9 Å². The Morgan fingerprint density at radius 1 is 1.45 bits per heavy atom. The normalized spacial score (nSPS) is 13.5. The van der Waals surface area contributed by atoms with Crippen LogP contribution in [-0.2, 0) is 10.2 Å². The monoisotopic (exact) mass is 296 g/mol. The Labute approximate surface area is 127 Å². The summed E-state index contributed by atoms with van der Waals surface area (Å²) in [5, 5.41) is 4.70. The smallest absolute Gasteiger partial charge is 0.0985 e. The van der Waals surface area contributed by atoms with E-state index in [0.717, 1.165) is 17.8 Å². The number of thiazole rings is 1. The number of hydrogen-bond acceptors (Lipinski definition) is 4. The van der Waals surface area contributed by atoms with Crippen LogP contribution in [0.25, 0.3) is 0 Å². The molecule has 0 aromatic carbocycles. The molecular formula is C16H28N2OS. The maximum atomic E-state index is 5.50. The Bertz CT molecular complexity index is 446. The van der Waals surface area contributed by atoms with Crippen molar-refractivity contribution in [2.45, 2.75) is 53.0 Å². The van der Waals surface area contributed by atoms with Crippen molar-refractivity contribution in [3.05, 3.63) is 27.7 Å². The molecule has 1 unspecified atom stereocenters. The molecule has 3 nitrogen and oxygen atoms in total. The number of nitrogens with zero attached hydrogens (tertiary/aromatic N) is 1. The standard InChI is InChI=1S/C16H28N2OS/c1-11(2)10-19-9-8-17-12(3)14-13(4)18-15(20-14)16(5,6)7/h12,17H,1,8-10H2,2-7H3. The second kappa shape index (κ2) is 7.34. The van der Waals surface area contributed by atoms with Gasteiger partial charge in [-0.1, -0.05) is 32.9 Å². The van der Waals surface area contributed by atoms with Gasteiger partial charge < -0.3 is 10.1 Å². The molecule has 20 heavy (non-hydrogen) atoms. The van der Waals surface area contributed by atoms with Crippen molar-refractivity contribution in [2.24, 2.45) is 0 Å². The van der Waals surface area contributed by atoms with Crippen molar-refractivity contribution in [3.63, 3.8) is 0 Å². The van der Waals surface area contributed by atoms with E-state index in [9.17, 15) is 0 Å². The molecule has 1 N–H and O–H groups in total. The third-order valence-electron chi connectivity index (χ3n) is 2.91. The minimum absolute atomic E-state index is 0.123. The predicted octanol–water partition coefficient (Wildman–Crippen LogP) is 3.99. The van der Waals surface area contributed by atoms with Crippen LogP contribution < -0.4 is 5.32 Å². The largest absolute Gasteiger partial charge is 0.376 e. The fourth-order valence-corrected chi connectivity index (χ4v) is 2.97. The van der Waals surface area contributed by atoms with Crippen molar-refractivity contribution in [1.29, 1.82) is 0 Å². The molecule has 4 heteroatoms. The van der Waals surface area contributed by atoms with Crippen LogP contribution in [0.15, 0.2) is 12.2 Å². The number of hydrogen-bond donors (Lipinski definition) is 1. The van der Waals surface area contributed by atoms with Crippen molar-refractivity contribution in [2.75, 3.05) is 19.8 Å². The molecule has 114 valence electrons. The molecule has 1 aromatic rings. The van der Waals surface area contributed by atoms with Gasteiger partial charge in [0.1, 0.15) is 0 Å². The van der Waals surface area contributed by atoms with Gasteiger partial charge in [-0.3, -0.25) is 0 Å². The Morgan fingerprint density at radius 2 is 2.10 bits per heavy atom. The van der Waals surface area contributed by atoms with Crippen molar-refractivity contribution in [3.8, 4) is 0 Å². The summed E-state index contributed by atoms with van der Waals surface area (Å²) < 4.78 is 5.50. The molecular weight excluding hydrogens is 268 g/mol. The van der Waals surface area contributed by atoms with Crippen LogP contribution >= 0.6 is 11.3 Å². The van der Waals surface area contributed by atoms with Crippen molar-refractivity contribution in [1.82, 2.24) is 10.3 Å². The number of rotatable bonds is 7. The minimum Gasteiger partial charge on any atom is -0.376 e. The first-order valence-electron chi connectivity index (χ1n) is 7.15. The van der Waals surface area contributed by atoms with E-state index in [4.69, 9.17) is 9.72 Å². The van der Waals surface area contributed by atoms with E-state index >= 15 is 0 Å². The lowest BCUT2D eigenvalue weighted by Gasteiger charge is -2.14. The maximum Gasteiger partial charge on any atom is 0.0985 e. The van der Waals surface area contributed by atoms with Crippen LogP contribution in [0.3, 0.4) is 0 Å². The number of aryl methyl sites for hydroxylation is 1. The molecule has 1 aromatic heterocycles. The highest BCUT2D eigenvalue weighted by atomic mass is 32.1. The fourth-order valence-electron chi connectivity index (χ4n) is 1.82. The van der Waals surface area contributed by atoms with E-state index in [0.29, 0.717) is 19.3 Å². The lowest BCUT2D eigenvalue weighted by Crippen LogP contribution is -2.23. The third kappa shape index (κ3) is 5.35. The highest BCUT2D eigenvalue weighted by molar-refractivity contribution is 7.12. The van der Waals surface area contributed by atoms with Gasteiger partial charge in [0.05, 0.1) is 23.9 Å². The van der Waals surface area contributed by atoms with Gasteiger partial charge in [-0.05, 0) is 20.8 Å². The molecule has 0 aliphatic carbocycles. The average Bonchev–Trinajstić information content (AvgIpc) is 2.70. The highest BCUT2D eigenvalue weighted by Crippen LogP contribution is 2.32. The second-order valence-corrected chi connectivity index (χ2v) is 7.43. The first-order valence-corrected chi connectivity index (χ1v) is 7.96. The van der Waals surface area contributed by atoms with E-state index in [2.05, 4.69) is 46.5 Å². The summed E-state index contributed by atoms with van der Waals surface area (Å²) in [6.07, 6.45) is 0. The second-order valence-electron chi connectivity index (χ2n) is 6.40. The lowest BCUT2D eigenvalue weighted by molar-refractivity contribution is 0.156. The summed E-state index contributed by atoms with van der Waals surface area (Å²) in [4.78, 5) is 6.03. The lowest BCUT2D eigenvalue weighted by atomic mass is 9.98. The quantitative estimate of drug-likeness (QED) is 0.610. The molecule has 0 saturated heterocycles. The maximum absolute atomic E-state index is 5.50. The van der Waals surface area contributed by atoms with Gasteiger partial charge in [0.2, 0.25) is 0 Å². The molecule has 0 spiro atoms. The Kier molecular flexibility index (Phi) is 6.37. The molecule has 0 radical (unpaired) electrons. The first kappa shape index (κ1) is 17.3. The molecule has 0 fully saturated rings. The predicted molar refractivity (Wildman–Crippen MR) is 87.6 cm³/mol. The zero-order valence-electron chi connectivity index (χ0n) is 13.7. The molecule has 0 bridgehead atoms. The SMILES string of the molecule is C=C(C)COCCNC(C)c1sc(C(C)(C)C)nc1C. The number of aromatic nitrogens is 1. The van der Waals surface area contributed by atoms with Crippen molar-refractivity contribution >= 4 is 11.3 Å². The molecule has 1 rings (SSSR count). The van der Waals surface area contributed by atoms with Crippen LogP contribution in [0, 0.1) is 6.92 Å². The van der Waals surface area contributed by atoms with E-state index in [1.54, 1.807) is 0 Å². The molecule has 1 atom stereocenters. The van der Waals surface area contributed by atoms with Crippen LogP contribution in [-0.4, -0.2) is 24.7 Å². The van der Waals surface area contributed by atoms with Gasteiger partial charge in [-0.25, -0.2) is 4.98 Å². The van der Waals surface area contributed by atoms with Crippen LogP contribution in [0.4, 0.5) is 0 Å². The molecule has 0 aliphatic heterocycles. The molecule has 0 amide bonds. The van der Waals surface area contributed by atoms with Crippen LogP contribution in [0.5, 0.6) is 0 Å². The summed E-state index contributed by atoms with van der Waals surface area (Å²) in [5.41, 5.74) is 2.33. The van der Waals surface area contributed by atoms with E-state index in [1.165, 1.54) is 9.88 Å². The third-order valence-corrected chi connectivity index (χ3v) is 4.68. The van der Waals surface area contributed by atoms with E-state index in [1.807, 2.05) is 18.3 Å². The zero-order valence-corrected chi connectivity index (χ0v) is 14.5. The molecule has 0 aliphatic rings. The Morgan fingerprint density at radius 3 is 2.60 bits per heavy atom. The average molecular weight is 296 g/mol. The number of ether oxygens (including phenoxy) is 1. The van der Waals surface area contributed by atoms with Crippen LogP contribution in [0.1, 0.15) is 56.2 Å². The van der Waals surface area contributed by atoms with E-state index in [-0.39, 0.29) is 5.41 Å². The summed E-state index contributed by atoms with van der Waals surface area (Å²) >= 11 is 1.81. The number of nitrogens with one attached hydrogen (secondary N) is 1. The van der Waals surface area contributed by atoms with Crippen LogP contribution in [0.2, 0.25) is 0 Å². The topological polar surface area (TPSA) is 34.1 Å². The highest BCUT2D eigenvalue weighted by Gasteiger charge is 2.22. The molecule has 0 saturated carbocycles. The van der Waals surface area contributed by atoms with E-state index < -0.39 is 0 Å². The minimum atomic E-state index is 0.123. The zero-order chi connectivity index (χ0) is 15.3. The summed E-state index contributed by atoms with van der Waals surface area (Å²) in [7, 11) is 0. The van der Waals surface area contributed by atoms with Gasteiger partial charge in [-0.2, -0.15) is 0 Å². The van der Waals surface area contributed by atoms with Gasteiger partial charge in [0.15, 0.2) is 0 Å². The summed E-state index contributed by atoms with van der Waals surface area (Å²) in [5.74, 6) is 0. The fraction of sp³-hybridized carbons (Fsp3) is 0.688. The first-order chi connectivity index (χ1) is 9.21. The molecule has 1 heterocycles. The Hall–Kier alpha value is -0.710. The summed E-state index contributed by atoms with van der Waals surface area (Å²) in [6.45, 7) is 18.9. The Balaban J connectivity index is 2.49. The van der Waals surface area contributed by atoms with Gasteiger partial charge >= 0.3 is 0 Å². The van der Waals surface area contributed by atoms with Crippen molar-refractivity contribution < 1.29 is 4.74 Å². The van der Waals surface area contributed by atoms with Gasteiger partial charge in [-0.15, -0.1) is 11.3 Å². The summed E-state index contributed by atoms with van der Waals surface area (Å²) in [6, 6.07) is 0.317.